The lowest BCUT2D eigenvalue weighted by Gasteiger charge is -2.18. The number of carbonyl (C=O) groups is 2. The van der Waals surface area contributed by atoms with E-state index >= 15 is 0 Å². The largest absolute Gasteiger partial charge is 0.507 e. The van der Waals surface area contributed by atoms with E-state index in [9.17, 15) is 24.9 Å². The monoisotopic (exact) mass is 253 g/mol. The molecule has 0 heterocycles. The highest BCUT2D eigenvalue weighted by atomic mass is 16.3. The number of aliphatic hydroxyl groups is 2. The Bertz CT molecular complexity index is 497. The molecule has 5 N–H and O–H groups in total. The van der Waals surface area contributed by atoms with Crippen molar-refractivity contribution in [1.29, 1.82) is 0 Å². The van der Waals surface area contributed by atoms with Gasteiger partial charge >= 0.3 is 0 Å². The topological polar surface area (TPSA) is 121 Å². The zero-order valence-electron chi connectivity index (χ0n) is 10.0. The predicted octanol–water partition coefficient (Wildman–Crippen LogP) is -0.217. The smallest absolute Gasteiger partial charge is 0.249 e. The summed E-state index contributed by atoms with van der Waals surface area (Å²) >= 11 is 0. The van der Waals surface area contributed by atoms with Crippen molar-refractivity contribution >= 4 is 11.7 Å². The summed E-state index contributed by atoms with van der Waals surface area (Å²) in [4.78, 5) is 22.0. The van der Waals surface area contributed by atoms with Crippen molar-refractivity contribution < 1.29 is 24.9 Å². The Labute approximate surface area is 104 Å². The maximum Gasteiger partial charge on any atom is 0.249 e. The fraction of sp³-hybridized carbons (Fsp3) is 0.333. The predicted molar refractivity (Wildman–Crippen MR) is 63.0 cm³/mol. The number of carbonyl (C=O) groups excluding carboxylic acids is 2. The molecule has 0 saturated carbocycles. The van der Waals surface area contributed by atoms with Gasteiger partial charge in [-0.3, -0.25) is 9.59 Å². The third-order valence-electron chi connectivity index (χ3n) is 2.67. The number of hydrogen-bond acceptors (Lipinski definition) is 5. The molecule has 1 aromatic rings. The number of Topliss-reactive ketones (excluding diaryl/α,β-unsaturated/α-hetero) is 1. The third-order valence-corrected chi connectivity index (χ3v) is 2.67. The highest BCUT2D eigenvalue weighted by molar-refractivity contribution is 5.97. The molecule has 98 valence electrons. The van der Waals surface area contributed by atoms with E-state index in [1.807, 2.05) is 0 Å². The van der Waals surface area contributed by atoms with Crippen LogP contribution in [0.1, 0.15) is 34.5 Å². The zero-order chi connectivity index (χ0) is 14.0. The standard InChI is InChI=1S/C12H15NO5/c1-5-3-8(6(2)14)9(15)4-7(5)10(16)11(17)12(13)18/h3-4,10-11,15-17H,1-2H3,(H2,13,18). The summed E-state index contributed by atoms with van der Waals surface area (Å²) < 4.78 is 0. The van der Waals surface area contributed by atoms with Crippen LogP contribution in [0.5, 0.6) is 5.75 Å². The lowest BCUT2D eigenvalue weighted by molar-refractivity contribution is -0.132. The van der Waals surface area contributed by atoms with E-state index in [-0.39, 0.29) is 22.7 Å². The lowest BCUT2D eigenvalue weighted by atomic mass is 9.95. The van der Waals surface area contributed by atoms with E-state index in [2.05, 4.69) is 0 Å². The molecule has 6 nitrogen and oxygen atoms in total. The average Bonchev–Trinajstić information content (AvgIpc) is 2.29. The summed E-state index contributed by atoms with van der Waals surface area (Å²) in [6, 6.07) is 2.52. The van der Waals surface area contributed by atoms with Gasteiger partial charge < -0.3 is 21.1 Å². The maximum atomic E-state index is 11.2. The highest BCUT2D eigenvalue weighted by Crippen LogP contribution is 2.28. The molecule has 6 heteroatoms. The number of hydrogen-bond donors (Lipinski definition) is 4. The SMILES string of the molecule is CC(=O)c1cc(C)c(C(O)C(O)C(N)=O)cc1O. The molecule has 1 aromatic carbocycles. The van der Waals surface area contributed by atoms with Crippen molar-refractivity contribution in [3.8, 4) is 5.75 Å². The molecule has 0 aromatic heterocycles. The van der Waals surface area contributed by atoms with Gasteiger partial charge in [0.1, 0.15) is 11.9 Å². The van der Waals surface area contributed by atoms with Crippen LogP contribution in [0.3, 0.4) is 0 Å². The van der Waals surface area contributed by atoms with Crippen LogP contribution in [-0.4, -0.2) is 33.1 Å². The number of nitrogens with two attached hydrogens (primary N) is 1. The number of aromatic hydroxyl groups is 1. The molecule has 2 atom stereocenters. The van der Waals surface area contributed by atoms with Crippen LogP contribution in [-0.2, 0) is 4.79 Å². The molecular weight excluding hydrogens is 238 g/mol. The number of amides is 1. The van der Waals surface area contributed by atoms with Gasteiger partial charge in [-0.15, -0.1) is 0 Å². The molecule has 0 aliphatic rings. The van der Waals surface area contributed by atoms with Crippen molar-refractivity contribution in [3.05, 3.63) is 28.8 Å². The third kappa shape index (κ3) is 2.66. The van der Waals surface area contributed by atoms with Crippen LogP contribution < -0.4 is 5.73 Å². The number of aliphatic hydroxyl groups excluding tert-OH is 2. The molecule has 18 heavy (non-hydrogen) atoms. The Morgan fingerprint density at radius 3 is 2.28 bits per heavy atom. The fourth-order valence-corrected chi connectivity index (χ4v) is 1.64. The Kier molecular flexibility index (Phi) is 4.05. The normalized spacial score (nSPS) is 14.0. The molecule has 0 aliphatic carbocycles. The molecule has 2 unspecified atom stereocenters. The molecule has 0 fully saturated rings. The number of aryl methyl sites for hydroxylation is 1. The number of ketones is 1. The van der Waals surface area contributed by atoms with E-state index in [0.29, 0.717) is 5.56 Å². The summed E-state index contributed by atoms with van der Waals surface area (Å²) in [6.45, 7) is 2.88. The summed E-state index contributed by atoms with van der Waals surface area (Å²) in [7, 11) is 0. The van der Waals surface area contributed by atoms with Crippen molar-refractivity contribution in [2.45, 2.75) is 26.1 Å². The zero-order valence-corrected chi connectivity index (χ0v) is 10.0. The molecule has 0 radical (unpaired) electrons. The summed E-state index contributed by atoms with van der Waals surface area (Å²) in [6.07, 6.45) is -3.32. The number of phenolic OH excluding ortho intramolecular Hbond substituents is 1. The van der Waals surface area contributed by atoms with Gasteiger partial charge in [0, 0.05) is 0 Å². The second-order valence-corrected chi connectivity index (χ2v) is 4.07. The highest BCUT2D eigenvalue weighted by Gasteiger charge is 2.26. The van der Waals surface area contributed by atoms with Crippen LogP contribution in [0, 0.1) is 6.92 Å². The average molecular weight is 253 g/mol. The number of rotatable bonds is 4. The summed E-state index contributed by atoms with van der Waals surface area (Å²) in [5, 5.41) is 28.7. The first kappa shape index (κ1) is 14.1. The van der Waals surface area contributed by atoms with Crippen molar-refractivity contribution in [1.82, 2.24) is 0 Å². The first-order valence-electron chi connectivity index (χ1n) is 5.25. The van der Waals surface area contributed by atoms with Gasteiger partial charge in [0.2, 0.25) is 5.91 Å². The first-order chi connectivity index (χ1) is 8.25. The number of benzene rings is 1. The van der Waals surface area contributed by atoms with E-state index in [0.717, 1.165) is 6.07 Å². The van der Waals surface area contributed by atoms with E-state index < -0.39 is 18.1 Å². The molecule has 0 aliphatic heterocycles. The van der Waals surface area contributed by atoms with E-state index in [1.165, 1.54) is 13.0 Å². The van der Waals surface area contributed by atoms with Crippen molar-refractivity contribution in [2.24, 2.45) is 5.73 Å². The number of phenols is 1. The van der Waals surface area contributed by atoms with Gasteiger partial charge in [-0.1, -0.05) is 0 Å². The van der Waals surface area contributed by atoms with Gasteiger partial charge in [0.15, 0.2) is 11.9 Å². The Morgan fingerprint density at radius 1 is 1.28 bits per heavy atom. The van der Waals surface area contributed by atoms with Gasteiger partial charge in [-0.25, -0.2) is 0 Å². The molecule has 1 amide bonds. The summed E-state index contributed by atoms with van der Waals surface area (Å²) in [5.74, 6) is -1.72. The van der Waals surface area contributed by atoms with Gasteiger partial charge in [0.25, 0.3) is 0 Å². The van der Waals surface area contributed by atoms with Crippen molar-refractivity contribution in [3.63, 3.8) is 0 Å². The Morgan fingerprint density at radius 2 is 1.83 bits per heavy atom. The Hall–Kier alpha value is -1.92. The minimum atomic E-state index is -1.77. The molecule has 0 saturated heterocycles. The van der Waals surface area contributed by atoms with Crippen LogP contribution in [0.2, 0.25) is 0 Å². The minimum absolute atomic E-state index is 0.108. The van der Waals surface area contributed by atoms with Crippen LogP contribution >= 0.6 is 0 Å². The minimum Gasteiger partial charge on any atom is -0.507 e. The fourth-order valence-electron chi connectivity index (χ4n) is 1.64. The first-order valence-corrected chi connectivity index (χ1v) is 5.25. The molecule has 0 spiro atoms. The second kappa shape index (κ2) is 5.16. The van der Waals surface area contributed by atoms with E-state index in [1.54, 1.807) is 6.92 Å². The molecular formula is C12H15NO5. The summed E-state index contributed by atoms with van der Waals surface area (Å²) in [5.41, 5.74) is 5.59. The number of primary amides is 1. The molecule has 0 bridgehead atoms. The van der Waals surface area contributed by atoms with Crippen LogP contribution in [0.15, 0.2) is 12.1 Å². The molecule has 1 rings (SSSR count). The maximum absolute atomic E-state index is 11.2. The Balaban J connectivity index is 3.23. The quantitative estimate of drug-likeness (QED) is 0.553. The van der Waals surface area contributed by atoms with Gasteiger partial charge in [0.05, 0.1) is 5.56 Å². The van der Waals surface area contributed by atoms with Gasteiger partial charge in [-0.05, 0) is 37.1 Å². The lowest BCUT2D eigenvalue weighted by Crippen LogP contribution is -2.34. The van der Waals surface area contributed by atoms with Crippen LogP contribution in [0.4, 0.5) is 0 Å². The second-order valence-electron chi connectivity index (χ2n) is 4.07. The van der Waals surface area contributed by atoms with Crippen molar-refractivity contribution in [2.75, 3.05) is 0 Å². The van der Waals surface area contributed by atoms with E-state index in [4.69, 9.17) is 5.73 Å². The van der Waals surface area contributed by atoms with Gasteiger partial charge in [-0.2, -0.15) is 0 Å². The van der Waals surface area contributed by atoms with Crippen LogP contribution in [0.25, 0.3) is 0 Å².